The van der Waals surface area contributed by atoms with E-state index in [0.717, 1.165) is 34.0 Å². The highest BCUT2D eigenvalue weighted by Gasteiger charge is 2.14. The summed E-state index contributed by atoms with van der Waals surface area (Å²) in [5.41, 5.74) is 10.5. The van der Waals surface area contributed by atoms with Gasteiger partial charge in [-0.15, -0.1) is 5.10 Å². The van der Waals surface area contributed by atoms with Crippen molar-refractivity contribution in [3.63, 3.8) is 0 Å². The van der Waals surface area contributed by atoms with Crippen molar-refractivity contribution in [3.05, 3.63) is 64.3 Å². The lowest BCUT2D eigenvalue weighted by molar-refractivity contribution is 0.391. The molecule has 3 aromatic rings. The first-order valence-electron chi connectivity index (χ1n) is 7.46. The van der Waals surface area contributed by atoms with Crippen LogP contribution in [0.3, 0.4) is 0 Å². The molecule has 2 aromatic heterocycles. The fraction of sp³-hybridized carbons (Fsp3) is 0.235. The fourth-order valence-corrected chi connectivity index (χ4v) is 2.42. The van der Waals surface area contributed by atoms with E-state index in [4.69, 9.17) is 10.3 Å². The Bertz CT molecular complexity index is 797. The Morgan fingerprint density at radius 2 is 1.96 bits per heavy atom. The zero-order valence-corrected chi connectivity index (χ0v) is 13.2. The summed E-state index contributed by atoms with van der Waals surface area (Å²) in [6.07, 6.45) is 4.03. The number of aromatic nitrogens is 4. The van der Waals surface area contributed by atoms with Crippen molar-refractivity contribution >= 4 is 12.2 Å². The first-order valence-corrected chi connectivity index (χ1v) is 7.46. The summed E-state index contributed by atoms with van der Waals surface area (Å²) in [7, 11) is 0. The van der Waals surface area contributed by atoms with Crippen LogP contribution in [0.2, 0.25) is 0 Å². The second-order valence-electron chi connectivity index (χ2n) is 5.33. The predicted molar refractivity (Wildman–Crippen MR) is 88.4 cm³/mol. The van der Waals surface area contributed by atoms with Crippen LogP contribution in [0.4, 0.5) is 0 Å². The van der Waals surface area contributed by atoms with Gasteiger partial charge in [-0.3, -0.25) is 0 Å². The van der Waals surface area contributed by atoms with Crippen molar-refractivity contribution in [3.8, 4) is 0 Å². The molecule has 2 heterocycles. The third kappa shape index (κ3) is 3.22. The zero-order valence-electron chi connectivity index (χ0n) is 13.2. The predicted octanol–water partition coefficient (Wildman–Crippen LogP) is 2.56. The monoisotopic (exact) mass is 309 g/mol. The summed E-state index contributed by atoms with van der Waals surface area (Å²) >= 11 is 0. The molecule has 0 aliphatic carbocycles. The molecule has 0 aliphatic heterocycles. The molecule has 0 spiro atoms. The van der Waals surface area contributed by atoms with Crippen LogP contribution in [0.15, 0.2) is 34.9 Å². The minimum atomic E-state index is 0.343. The minimum absolute atomic E-state index is 0.343. The second kappa shape index (κ2) is 6.58. The van der Waals surface area contributed by atoms with Gasteiger partial charge < -0.3 is 10.3 Å². The van der Waals surface area contributed by atoms with Crippen molar-refractivity contribution < 1.29 is 4.52 Å². The molecule has 0 saturated heterocycles. The zero-order chi connectivity index (χ0) is 16.2. The molecule has 0 atom stereocenters. The minimum Gasteiger partial charge on any atom is -0.361 e. The van der Waals surface area contributed by atoms with E-state index in [1.165, 1.54) is 0 Å². The molecule has 23 heavy (non-hydrogen) atoms. The third-order valence-electron chi connectivity index (χ3n) is 3.76. The summed E-state index contributed by atoms with van der Waals surface area (Å²) in [6.45, 7) is 4.72. The SMILES string of the molecule is Cc1noc(C)c1Cn1nnc(CN)c1/C=C/c1ccccc1. The van der Waals surface area contributed by atoms with Gasteiger partial charge in [0, 0.05) is 12.1 Å². The average Bonchev–Trinajstić information content (AvgIpc) is 3.11. The number of aryl methyl sites for hydroxylation is 2. The Hall–Kier alpha value is -2.73. The van der Waals surface area contributed by atoms with Crippen LogP contribution in [-0.2, 0) is 13.1 Å². The van der Waals surface area contributed by atoms with Gasteiger partial charge in [-0.05, 0) is 25.5 Å². The first kappa shape index (κ1) is 15.2. The topological polar surface area (TPSA) is 82.8 Å². The summed E-state index contributed by atoms with van der Waals surface area (Å²) in [6, 6.07) is 10.1. The van der Waals surface area contributed by atoms with E-state index in [1.807, 2.05) is 61.0 Å². The summed E-state index contributed by atoms with van der Waals surface area (Å²) in [5, 5.41) is 12.4. The maximum Gasteiger partial charge on any atom is 0.138 e. The van der Waals surface area contributed by atoms with E-state index in [1.54, 1.807) is 0 Å². The number of hydrogen-bond donors (Lipinski definition) is 1. The van der Waals surface area contributed by atoms with E-state index < -0.39 is 0 Å². The Kier molecular flexibility index (Phi) is 4.34. The average molecular weight is 309 g/mol. The van der Waals surface area contributed by atoms with E-state index in [-0.39, 0.29) is 0 Å². The Morgan fingerprint density at radius 3 is 2.61 bits per heavy atom. The van der Waals surface area contributed by atoms with Crippen molar-refractivity contribution in [2.75, 3.05) is 0 Å². The normalized spacial score (nSPS) is 11.4. The van der Waals surface area contributed by atoms with E-state index in [2.05, 4.69) is 15.5 Å². The largest absolute Gasteiger partial charge is 0.361 e. The van der Waals surface area contributed by atoms with Gasteiger partial charge in [-0.2, -0.15) is 0 Å². The lowest BCUT2D eigenvalue weighted by atomic mass is 10.1. The molecule has 0 aliphatic rings. The van der Waals surface area contributed by atoms with Gasteiger partial charge in [0.15, 0.2) is 0 Å². The van der Waals surface area contributed by atoms with Crippen LogP contribution in [-0.4, -0.2) is 20.2 Å². The lowest BCUT2D eigenvalue weighted by Crippen LogP contribution is -2.07. The van der Waals surface area contributed by atoms with Crippen LogP contribution in [0.5, 0.6) is 0 Å². The van der Waals surface area contributed by atoms with Gasteiger partial charge in [0.25, 0.3) is 0 Å². The molecule has 0 unspecified atom stereocenters. The van der Waals surface area contributed by atoms with Crippen molar-refractivity contribution in [1.82, 2.24) is 20.2 Å². The molecule has 3 rings (SSSR count). The van der Waals surface area contributed by atoms with Gasteiger partial charge in [0.2, 0.25) is 0 Å². The van der Waals surface area contributed by atoms with Crippen molar-refractivity contribution in [2.24, 2.45) is 5.73 Å². The highest BCUT2D eigenvalue weighted by Crippen LogP contribution is 2.17. The fourth-order valence-electron chi connectivity index (χ4n) is 2.42. The van der Waals surface area contributed by atoms with Crippen molar-refractivity contribution in [2.45, 2.75) is 26.9 Å². The number of hydrogen-bond acceptors (Lipinski definition) is 5. The summed E-state index contributed by atoms with van der Waals surface area (Å²) < 4.78 is 7.04. The molecule has 1 aromatic carbocycles. The van der Waals surface area contributed by atoms with Gasteiger partial charge in [-0.1, -0.05) is 46.8 Å². The molecule has 6 heteroatoms. The van der Waals surface area contributed by atoms with E-state index >= 15 is 0 Å². The second-order valence-corrected chi connectivity index (χ2v) is 5.33. The Morgan fingerprint density at radius 1 is 1.17 bits per heavy atom. The van der Waals surface area contributed by atoms with Gasteiger partial charge in [-0.25, -0.2) is 4.68 Å². The van der Waals surface area contributed by atoms with Crippen LogP contribution >= 0.6 is 0 Å². The van der Waals surface area contributed by atoms with Gasteiger partial charge in [0.1, 0.15) is 11.5 Å². The molecular weight excluding hydrogens is 290 g/mol. The summed E-state index contributed by atoms with van der Waals surface area (Å²) in [5.74, 6) is 0.797. The smallest absolute Gasteiger partial charge is 0.138 e. The molecule has 0 bridgehead atoms. The highest BCUT2D eigenvalue weighted by molar-refractivity contribution is 5.68. The molecule has 0 saturated carbocycles. The quantitative estimate of drug-likeness (QED) is 0.783. The number of nitrogens with two attached hydrogens (primary N) is 1. The molecule has 0 radical (unpaired) electrons. The van der Waals surface area contributed by atoms with Crippen LogP contribution in [0.25, 0.3) is 12.2 Å². The van der Waals surface area contributed by atoms with E-state index in [9.17, 15) is 0 Å². The molecule has 0 fully saturated rings. The summed E-state index contributed by atoms with van der Waals surface area (Å²) in [4.78, 5) is 0. The van der Waals surface area contributed by atoms with Crippen LogP contribution < -0.4 is 5.73 Å². The molecule has 2 N–H and O–H groups in total. The Labute approximate surface area is 134 Å². The maximum atomic E-state index is 5.79. The molecule has 0 amide bonds. The number of benzene rings is 1. The van der Waals surface area contributed by atoms with E-state index in [0.29, 0.717) is 13.1 Å². The standard InChI is InChI=1S/C17H19N5O/c1-12-15(13(2)23-20-12)11-22-17(16(10-18)19-21-22)9-8-14-6-4-3-5-7-14/h3-9H,10-11,18H2,1-2H3/b9-8+. The lowest BCUT2D eigenvalue weighted by Gasteiger charge is -2.04. The Balaban J connectivity index is 1.93. The molecule has 118 valence electrons. The van der Waals surface area contributed by atoms with Crippen LogP contribution in [0, 0.1) is 13.8 Å². The van der Waals surface area contributed by atoms with Gasteiger partial charge in [0.05, 0.1) is 17.9 Å². The molecular formula is C17H19N5O. The first-order chi connectivity index (χ1) is 11.2. The number of rotatable bonds is 5. The van der Waals surface area contributed by atoms with Crippen LogP contribution in [0.1, 0.15) is 34.0 Å². The number of nitrogens with zero attached hydrogens (tertiary/aromatic N) is 4. The molecule has 6 nitrogen and oxygen atoms in total. The van der Waals surface area contributed by atoms with Crippen molar-refractivity contribution in [1.29, 1.82) is 0 Å². The third-order valence-corrected chi connectivity index (χ3v) is 3.76. The highest BCUT2D eigenvalue weighted by atomic mass is 16.5. The maximum absolute atomic E-state index is 5.79. The van der Waals surface area contributed by atoms with Gasteiger partial charge >= 0.3 is 0 Å².